The fraction of sp³-hybridized carbons (Fsp3) is 0.0149. The molecule has 14 aromatic rings. The highest BCUT2D eigenvalue weighted by molar-refractivity contribution is 7.00. The lowest BCUT2D eigenvalue weighted by Crippen LogP contribution is -2.59. The zero-order valence-electron chi connectivity index (χ0n) is 38.4. The Labute approximate surface area is 405 Å². The summed E-state index contributed by atoms with van der Waals surface area (Å²) in [5, 5.41) is 12.8. The van der Waals surface area contributed by atoms with E-state index >= 15 is 0 Å². The Morgan fingerprint density at radius 2 is 0.729 bits per heavy atom. The maximum Gasteiger partial charge on any atom is 0.252 e. The van der Waals surface area contributed by atoms with Crippen LogP contribution in [0.25, 0.3) is 132 Å². The van der Waals surface area contributed by atoms with Crippen molar-refractivity contribution in [2.24, 2.45) is 0 Å². The Balaban J connectivity index is 1.16. The second-order valence-electron chi connectivity index (χ2n) is 19.6. The van der Waals surface area contributed by atoms with Gasteiger partial charge >= 0.3 is 0 Å². The Kier molecular flexibility index (Phi) is 7.66. The standard InChI is InChI=1S/C67H41BN2/c1-40-26-29-51-49-24-14-15-25-50(49)55-39-62-64-67(63(55)54(51)32-40)70-61-31-28-46(42-18-8-3-9-19-42)34-53(61)57-36-48(44-22-12-5-13-23-44)38-59(66(57)70)68(64)58-37-47(43-20-10-4-11-21-43)35-56-52-33-45(41-16-6-2-7-17-41)27-30-60(52)69(62)65(56)58/h2-39H,1H3. The van der Waals surface area contributed by atoms with E-state index in [1.807, 2.05) is 0 Å². The van der Waals surface area contributed by atoms with Crippen LogP contribution in [-0.2, 0) is 0 Å². The molecule has 4 heterocycles. The predicted octanol–water partition coefficient (Wildman–Crippen LogP) is 15.5. The lowest BCUT2D eigenvalue weighted by Gasteiger charge is -2.35. The van der Waals surface area contributed by atoms with Crippen molar-refractivity contribution in [2.75, 3.05) is 0 Å². The average Bonchev–Trinajstić information content (AvgIpc) is 3.94. The fourth-order valence-electron chi connectivity index (χ4n) is 12.9. The molecule has 70 heavy (non-hydrogen) atoms. The van der Waals surface area contributed by atoms with Crippen LogP contribution in [0.1, 0.15) is 5.56 Å². The average molecular weight is 885 g/mol. The minimum atomic E-state index is -0.0751. The van der Waals surface area contributed by atoms with Crippen molar-refractivity contribution in [1.82, 2.24) is 9.13 Å². The molecule has 2 aliphatic rings. The van der Waals surface area contributed by atoms with Crippen LogP contribution in [0.15, 0.2) is 231 Å². The summed E-state index contributed by atoms with van der Waals surface area (Å²) in [6.07, 6.45) is 0. The SMILES string of the molecule is Cc1ccc2c3ccccc3c3cc4c5c(c3c2c1)-n1c2ccc(-c3ccccc3)cc2c2cc(-c3ccccc3)cc(c21)B5c1cc(-c2ccccc2)cc2c3cc(-c5ccccc5)ccc3n-4c12. The van der Waals surface area contributed by atoms with Crippen LogP contribution in [-0.4, -0.2) is 15.8 Å². The van der Waals surface area contributed by atoms with Gasteiger partial charge in [0.15, 0.2) is 0 Å². The van der Waals surface area contributed by atoms with Crippen molar-refractivity contribution in [3.8, 4) is 55.9 Å². The van der Waals surface area contributed by atoms with E-state index in [9.17, 15) is 0 Å². The van der Waals surface area contributed by atoms with Crippen molar-refractivity contribution in [1.29, 1.82) is 0 Å². The monoisotopic (exact) mass is 884 g/mol. The highest BCUT2D eigenvalue weighted by atomic mass is 15.0. The molecule has 16 rings (SSSR count). The third-order valence-electron chi connectivity index (χ3n) is 15.9. The van der Waals surface area contributed by atoms with Gasteiger partial charge in [0, 0.05) is 43.7 Å². The number of nitrogens with zero attached hydrogens (tertiary/aromatic N) is 2. The van der Waals surface area contributed by atoms with E-state index in [0.717, 1.165) is 0 Å². The number of aromatic nitrogens is 2. The van der Waals surface area contributed by atoms with Crippen LogP contribution in [0.3, 0.4) is 0 Å². The van der Waals surface area contributed by atoms with Gasteiger partial charge in [-0.3, -0.25) is 0 Å². The van der Waals surface area contributed by atoms with Gasteiger partial charge in [0.2, 0.25) is 0 Å². The highest BCUT2D eigenvalue weighted by Gasteiger charge is 2.43. The van der Waals surface area contributed by atoms with Crippen molar-refractivity contribution < 1.29 is 0 Å². The summed E-state index contributed by atoms with van der Waals surface area (Å²) in [7, 11) is 0. The van der Waals surface area contributed by atoms with Gasteiger partial charge in [0.05, 0.1) is 16.7 Å². The van der Waals surface area contributed by atoms with Gasteiger partial charge in [-0.1, -0.05) is 194 Å². The summed E-state index contributed by atoms with van der Waals surface area (Å²) in [4.78, 5) is 0. The highest BCUT2D eigenvalue weighted by Crippen LogP contribution is 2.47. The van der Waals surface area contributed by atoms with Gasteiger partial charge < -0.3 is 9.13 Å². The van der Waals surface area contributed by atoms with E-state index in [1.165, 1.54) is 154 Å². The molecule has 0 amide bonds. The molecule has 0 aliphatic carbocycles. The van der Waals surface area contributed by atoms with E-state index in [1.54, 1.807) is 0 Å². The fourth-order valence-corrected chi connectivity index (χ4v) is 12.9. The van der Waals surface area contributed by atoms with Crippen molar-refractivity contribution in [2.45, 2.75) is 6.92 Å². The Hall–Kier alpha value is -8.92. The van der Waals surface area contributed by atoms with Crippen LogP contribution in [0.4, 0.5) is 0 Å². The maximum absolute atomic E-state index is 2.69. The van der Waals surface area contributed by atoms with Gasteiger partial charge in [-0.05, 0) is 137 Å². The van der Waals surface area contributed by atoms with Crippen molar-refractivity contribution >= 4 is 99.0 Å². The summed E-state index contributed by atoms with van der Waals surface area (Å²) in [6, 6.07) is 87.0. The van der Waals surface area contributed by atoms with Crippen LogP contribution >= 0.6 is 0 Å². The number of rotatable bonds is 4. The van der Waals surface area contributed by atoms with Crippen molar-refractivity contribution in [3.63, 3.8) is 0 Å². The van der Waals surface area contributed by atoms with E-state index in [4.69, 9.17) is 0 Å². The summed E-state index contributed by atoms with van der Waals surface area (Å²) in [5.41, 5.74) is 22.7. The molecular formula is C67H41BN2. The summed E-state index contributed by atoms with van der Waals surface area (Å²) in [5.74, 6) is 0. The summed E-state index contributed by atoms with van der Waals surface area (Å²) >= 11 is 0. The first-order chi connectivity index (χ1) is 34.6. The Morgan fingerprint density at radius 3 is 1.27 bits per heavy atom. The van der Waals surface area contributed by atoms with Crippen LogP contribution in [0, 0.1) is 6.92 Å². The Morgan fingerprint density at radius 1 is 0.300 bits per heavy atom. The van der Waals surface area contributed by atoms with E-state index in [0.29, 0.717) is 0 Å². The normalized spacial score (nSPS) is 12.6. The molecule has 0 atom stereocenters. The number of hydrogen-bond acceptors (Lipinski definition) is 0. The molecule has 2 aliphatic heterocycles. The molecule has 3 heteroatoms. The molecule has 0 N–H and O–H groups in total. The largest absolute Gasteiger partial charge is 0.310 e. The molecule has 0 unspecified atom stereocenters. The first-order valence-corrected chi connectivity index (χ1v) is 24.5. The topological polar surface area (TPSA) is 9.86 Å². The van der Waals surface area contributed by atoms with E-state index in [-0.39, 0.29) is 6.71 Å². The lowest BCUT2D eigenvalue weighted by atomic mass is 9.34. The molecule has 2 aromatic heterocycles. The molecule has 0 saturated carbocycles. The molecule has 0 spiro atoms. The number of aryl methyl sites for hydroxylation is 1. The van der Waals surface area contributed by atoms with Crippen LogP contribution < -0.4 is 16.4 Å². The third kappa shape index (κ3) is 5.13. The second kappa shape index (κ2) is 14.1. The summed E-state index contributed by atoms with van der Waals surface area (Å²) in [6.45, 7) is 2.17. The van der Waals surface area contributed by atoms with E-state index in [2.05, 4.69) is 247 Å². The van der Waals surface area contributed by atoms with Gasteiger partial charge in [0.25, 0.3) is 6.71 Å². The van der Waals surface area contributed by atoms with Crippen LogP contribution in [0.2, 0.25) is 0 Å². The molecule has 0 fully saturated rings. The molecule has 322 valence electrons. The van der Waals surface area contributed by atoms with Crippen molar-refractivity contribution in [3.05, 3.63) is 236 Å². The first-order valence-electron chi connectivity index (χ1n) is 24.5. The third-order valence-corrected chi connectivity index (χ3v) is 15.9. The van der Waals surface area contributed by atoms with Gasteiger partial charge in [-0.25, -0.2) is 0 Å². The zero-order chi connectivity index (χ0) is 45.8. The minimum absolute atomic E-state index is 0.0751. The lowest BCUT2D eigenvalue weighted by molar-refractivity contribution is 1.16. The van der Waals surface area contributed by atoms with Gasteiger partial charge in [-0.15, -0.1) is 0 Å². The molecular weight excluding hydrogens is 844 g/mol. The number of fused-ring (bicyclic) bond motifs is 17. The smallest absolute Gasteiger partial charge is 0.252 e. The van der Waals surface area contributed by atoms with Crippen LogP contribution in [0.5, 0.6) is 0 Å². The quantitative estimate of drug-likeness (QED) is 0.123. The molecule has 12 aromatic carbocycles. The molecule has 2 nitrogen and oxygen atoms in total. The second-order valence-corrected chi connectivity index (χ2v) is 19.6. The molecule has 0 saturated heterocycles. The molecule has 0 bridgehead atoms. The first kappa shape index (κ1) is 38.1. The van der Waals surface area contributed by atoms with Gasteiger partial charge in [-0.2, -0.15) is 0 Å². The molecule has 0 radical (unpaired) electrons. The Bertz CT molecular complexity index is 4570. The summed E-state index contributed by atoms with van der Waals surface area (Å²) < 4.78 is 5.34. The number of benzene rings is 12. The van der Waals surface area contributed by atoms with E-state index < -0.39 is 0 Å². The minimum Gasteiger partial charge on any atom is -0.310 e. The maximum atomic E-state index is 2.69. The van der Waals surface area contributed by atoms with Gasteiger partial charge in [0.1, 0.15) is 0 Å². The predicted molar refractivity (Wildman–Crippen MR) is 299 cm³/mol. The zero-order valence-corrected chi connectivity index (χ0v) is 38.4. The number of hydrogen-bond donors (Lipinski definition) is 0.